The number of pyridine rings is 1. The lowest BCUT2D eigenvalue weighted by atomic mass is 10.1. The molecule has 0 fully saturated rings. The van der Waals surface area contributed by atoms with E-state index >= 15 is 0 Å². The van der Waals surface area contributed by atoms with Crippen molar-refractivity contribution in [3.05, 3.63) is 77.2 Å². The number of hydrogen-bond donors (Lipinski definition) is 1. The number of carbonyl (C=O) groups excluding carboxylic acids is 1. The first-order chi connectivity index (χ1) is 13.7. The van der Waals surface area contributed by atoms with Crippen LogP contribution >= 0.6 is 0 Å². The van der Waals surface area contributed by atoms with Gasteiger partial charge in [-0.15, -0.1) is 0 Å². The van der Waals surface area contributed by atoms with Crippen molar-refractivity contribution >= 4 is 21.6 Å². The van der Waals surface area contributed by atoms with E-state index in [1.54, 1.807) is 54.7 Å². The van der Waals surface area contributed by atoms with E-state index < -0.39 is 10.0 Å². The summed E-state index contributed by atoms with van der Waals surface area (Å²) < 4.78 is 27.4. The smallest absolute Gasteiger partial charge is 0.255 e. The van der Waals surface area contributed by atoms with E-state index in [0.29, 0.717) is 22.5 Å². The van der Waals surface area contributed by atoms with Crippen LogP contribution in [0.4, 0.5) is 5.69 Å². The summed E-state index contributed by atoms with van der Waals surface area (Å²) in [5.41, 5.74) is 2.27. The van der Waals surface area contributed by atoms with Gasteiger partial charge in [0.2, 0.25) is 15.9 Å². The maximum Gasteiger partial charge on any atom is 0.255 e. The van der Waals surface area contributed by atoms with Gasteiger partial charge in [0.15, 0.2) is 0 Å². The van der Waals surface area contributed by atoms with Crippen LogP contribution in [0.5, 0.6) is 0 Å². The predicted octanol–water partition coefficient (Wildman–Crippen LogP) is 2.71. The Morgan fingerprint density at radius 3 is 2.38 bits per heavy atom. The van der Waals surface area contributed by atoms with Gasteiger partial charge in [-0.25, -0.2) is 12.7 Å². The van der Waals surface area contributed by atoms with Gasteiger partial charge in [-0.2, -0.15) is 0 Å². The van der Waals surface area contributed by atoms with Crippen LogP contribution in [0.3, 0.4) is 0 Å². The van der Waals surface area contributed by atoms with Crippen LogP contribution in [0.2, 0.25) is 0 Å². The summed E-state index contributed by atoms with van der Waals surface area (Å²) in [5.74, 6) is -0.206. The van der Waals surface area contributed by atoms with Crippen LogP contribution in [0.1, 0.15) is 6.92 Å². The zero-order valence-corrected chi connectivity index (χ0v) is 17.1. The highest BCUT2D eigenvalue weighted by Gasteiger charge is 2.17. The molecule has 1 N–H and O–H groups in total. The second kappa shape index (κ2) is 8.02. The van der Waals surface area contributed by atoms with E-state index in [2.05, 4.69) is 5.32 Å². The van der Waals surface area contributed by atoms with E-state index in [-0.39, 0.29) is 16.4 Å². The van der Waals surface area contributed by atoms with Crippen LogP contribution in [0, 0.1) is 0 Å². The number of aromatic nitrogens is 1. The summed E-state index contributed by atoms with van der Waals surface area (Å²) >= 11 is 0. The Morgan fingerprint density at radius 2 is 1.69 bits per heavy atom. The van der Waals surface area contributed by atoms with Gasteiger partial charge in [-0.3, -0.25) is 14.2 Å². The Balaban J connectivity index is 2.07. The number of benzene rings is 2. The van der Waals surface area contributed by atoms with Crippen molar-refractivity contribution in [1.29, 1.82) is 0 Å². The Morgan fingerprint density at radius 1 is 0.966 bits per heavy atom. The molecule has 0 unspecified atom stereocenters. The molecule has 0 saturated heterocycles. The first kappa shape index (κ1) is 20.5. The number of carbonyl (C=O) groups is 1. The van der Waals surface area contributed by atoms with Crippen molar-refractivity contribution in [2.75, 3.05) is 19.4 Å². The molecule has 0 atom stereocenters. The molecule has 0 aliphatic heterocycles. The molecule has 0 spiro atoms. The molecule has 1 aromatic heterocycles. The lowest BCUT2D eigenvalue weighted by Gasteiger charge is -2.13. The number of amides is 1. The lowest BCUT2D eigenvalue weighted by Crippen LogP contribution is -2.22. The minimum absolute atomic E-state index is 0.172. The average Bonchev–Trinajstić information content (AvgIpc) is 2.68. The summed E-state index contributed by atoms with van der Waals surface area (Å²) in [6.45, 7) is 1.41. The second-order valence-corrected chi connectivity index (χ2v) is 8.82. The van der Waals surface area contributed by atoms with Crippen LogP contribution < -0.4 is 10.9 Å². The van der Waals surface area contributed by atoms with Crippen molar-refractivity contribution in [3.8, 4) is 16.8 Å². The fourth-order valence-electron chi connectivity index (χ4n) is 2.84. The van der Waals surface area contributed by atoms with Crippen molar-refractivity contribution in [2.45, 2.75) is 11.8 Å². The molecule has 1 heterocycles. The van der Waals surface area contributed by atoms with Crippen LogP contribution in [0.15, 0.2) is 76.6 Å². The fourth-order valence-corrected chi connectivity index (χ4v) is 3.79. The van der Waals surface area contributed by atoms with E-state index in [1.165, 1.54) is 37.7 Å². The summed E-state index contributed by atoms with van der Waals surface area (Å²) in [6.07, 6.45) is 1.65. The van der Waals surface area contributed by atoms with Gasteiger partial charge in [-0.05, 0) is 47.5 Å². The minimum atomic E-state index is -3.57. The Hall–Kier alpha value is -3.23. The van der Waals surface area contributed by atoms with Crippen LogP contribution in [-0.2, 0) is 14.8 Å². The van der Waals surface area contributed by atoms with Gasteiger partial charge >= 0.3 is 0 Å². The van der Waals surface area contributed by atoms with E-state index in [9.17, 15) is 18.0 Å². The third-order valence-electron chi connectivity index (χ3n) is 4.30. The molecule has 1 amide bonds. The number of anilines is 1. The second-order valence-electron chi connectivity index (χ2n) is 6.67. The van der Waals surface area contributed by atoms with Crippen LogP contribution in [0.25, 0.3) is 16.8 Å². The third kappa shape index (κ3) is 4.44. The SMILES string of the molecule is CC(=O)Nc1cccc(-n2cc(-c3cccc(S(=O)(=O)N(C)C)c3)ccc2=O)c1. The normalized spacial score (nSPS) is 11.4. The van der Waals surface area contributed by atoms with Gasteiger partial charge < -0.3 is 5.32 Å². The highest BCUT2D eigenvalue weighted by atomic mass is 32.2. The van der Waals surface area contributed by atoms with Crippen molar-refractivity contribution in [3.63, 3.8) is 0 Å². The summed E-state index contributed by atoms with van der Waals surface area (Å²) in [4.78, 5) is 23.9. The van der Waals surface area contributed by atoms with Crippen molar-refractivity contribution in [2.24, 2.45) is 0 Å². The highest BCUT2D eigenvalue weighted by molar-refractivity contribution is 7.89. The van der Waals surface area contributed by atoms with E-state index in [0.717, 1.165) is 4.31 Å². The molecule has 2 aromatic carbocycles. The summed E-state index contributed by atoms with van der Waals surface area (Å²) in [7, 11) is -0.618. The molecule has 0 aliphatic carbocycles. The minimum Gasteiger partial charge on any atom is -0.326 e. The summed E-state index contributed by atoms with van der Waals surface area (Å²) in [5, 5.41) is 2.69. The molecule has 7 nitrogen and oxygen atoms in total. The lowest BCUT2D eigenvalue weighted by molar-refractivity contribution is -0.114. The quantitative estimate of drug-likeness (QED) is 0.699. The molecular weight excluding hydrogens is 390 g/mol. The fraction of sp³-hybridized carbons (Fsp3) is 0.143. The number of nitrogens with zero attached hydrogens (tertiary/aromatic N) is 2. The molecule has 29 heavy (non-hydrogen) atoms. The number of nitrogens with one attached hydrogen (secondary N) is 1. The molecule has 0 aliphatic rings. The molecule has 0 bridgehead atoms. The standard InChI is InChI=1S/C21H21N3O4S/c1-15(25)22-18-7-5-8-19(13-18)24-14-17(10-11-21(24)26)16-6-4-9-20(12-16)29(27,28)23(2)3/h4-14H,1-3H3,(H,22,25). The van der Waals surface area contributed by atoms with Gasteiger partial charge in [0, 0.05) is 39.0 Å². The Labute approximate surface area is 169 Å². The summed E-state index contributed by atoms with van der Waals surface area (Å²) in [6, 6.07) is 16.6. The predicted molar refractivity (Wildman–Crippen MR) is 113 cm³/mol. The maximum absolute atomic E-state index is 12.4. The zero-order valence-electron chi connectivity index (χ0n) is 16.3. The van der Waals surface area contributed by atoms with Gasteiger partial charge in [-0.1, -0.05) is 18.2 Å². The molecule has 3 aromatic rings. The third-order valence-corrected chi connectivity index (χ3v) is 6.11. The number of hydrogen-bond acceptors (Lipinski definition) is 4. The van der Waals surface area contributed by atoms with E-state index in [1.807, 2.05) is 0 Å². The molecule has 8 heteroatoms. The van der Waals surface area contributed by atoms with Gasteiger partial charge in [0.05, 0.1) is 10.6 Å². The number of sulfonamides is 1. The Kier molecular flexibility index (Phi) is 5.67. The monoisotopic (exact) mass is 411 g/mol. The first-order valence-corrected chi connectivity index (χ1v) is 10.3. The molecule has 0 saturated carbocycles. The first-order valence-electron chi connectivity index (χ1n) is 8.82. The topological polar surface area (TPSA) is 88.5 Å². The van der Waals surface area contributed by atoms with Crippen LogP contribution in [-0.4, -0.2) is 37.3 Å². The van der Waals surface area contributed by atoms with Crippen molar-refractivity contribution in [1.82, 2.24) is 8.87 Å². The highest BCUT2D eigenvalue weighted by Crippen LogP contribution is 2.24. The number of rotatable bonds is 5. The molecular formula is C21H21N3O4S. The van der Waals surface area contributed by atoms with E-state index in [4.69, 9.17) is 0 Å². The zero-order chi connectivity index (χ0) is 21.2. The van der Waals surface area contributed by atoms with Gasteiger partial charge in [0.1, 0.15) is 0 Å². The van der Waals surface area contributed by atoms with Crippen molar-refractivity contribution < 1.29 is 13.2 Å². The molecule has 3 rings (SSSR count). The Bertz CT molecular complexity index is 1230. The molecule has 150 valence electrons. The molecule has 0 radical (unpaired) electrons. The largest absolute Gasteiger partial charge is 0.326 e. The maximum atomic E-state index is 12.4. The average molecular weight is 411 g/mol. The van der Waals surface area contributed by atoms with Gasteiger partial charge in [0.25, 0.3) is 5.56 Å².